The van der Waals surface area contributed by atoms with Crippen LogP contribution in [-0.4, -0.2) is 29.8 Å². The third kappa shape index (κ3) is 4.08. The van der Waals surface area contributed by atoms with Gasteiger partial charge in [-0.15, -0.1) is 0 Å². The van der Waals surface area contributed by atoms with E-state index >= 15 is 0 Å². The summed E-state index contributed by atoms with van der Waals surface area (Å²) < 4.78 is 1.93. The number of benzene rings is 1. The van der Waals surface area contributed by atoms with Gasteiger partial charge >= 0.3 is 0 Å². The Balaban J connectivity index is 1.91. The van der Waals surface area contributed by atoms with Gasteiger partial charge in [0.15, 0.2) is 5.13 Å². The van der Waals surface area contributed by atoms with Crippen LogP contribution >= 0.6 is 27.3 Å². The van der Waals surface area contributed by atoms with Gasteiger partial charge in [0.2, 0.25) is 0 Å². The summed E-state index contributed by atoms with van der Waals surface area (Å²) in [6.45, 7) is 6.33. The summed E-state index contributed by atoms with van der Waals surface area (Å²) in [5.41, 5.74) is 0.930. The van der Waals surface area contributed by atoms with Crippen LogP contribution in [0.1, 0.15) is 32.0 Å². The van der Waals surface area contributed by atoms with Crippen LogP contribution in [0.4, 0.5) is 10.8 Å². The Morgan fingerprint density at radius 2 is 2.15 bits per heavy atom. The van der Waals surface area contributed by atoms with Gasteiger partial charge in [-0.3, -0.25) is 10.1 Å². The number of nitro groups is 1. The molecule has 0 spiro atoms. The van der Waals surface area contributed by atoms with E-state index in [1.54, 1.807) is 11.0 Å². The van der Waals surface area contributed by atoms with Crippen molar-refractivity contribution in [1.82, 2.24) is 19.7 Å². The summed E-state index contributed by atoms with van der Waals surface area (Å²) in [6.07, 6.45) is 3.06. The van der Waals surface area contributed by atoms with Gasteiger partial charge in [-0.2, -0.15) is 5.10 Å². The van der Waals surface area contributed by atoms with E-state index in [0.29, 0.717) is 10.7 Å². The van der Waals surface area contributed by atoms with Gasteiger partial charge < -0.3 is 10.4 Å². The largest absolute Gasteiger partial charge is 0.506 e. The maximum absolute atomic E-state index is 11.0. The number of rotatable bonds is 5. The Bertz CT molecular complexity index is 981. The number of aromatic nitrogens is 4. The second-order valence-corrected chi connectivity index (χ2v) is 8.64. The zero-order chi connectivity index (χ0) is 19.8. The van der Waals surface area contributed by atoms with E-state index in [1.807, 2.05) is 0 Å². The molecule has 1 aromatic carbocycles. The quantitative estimate of drug-likeness (QED) is 0.443. The van der Waals surface area contributed by atoms with Crippen LogP contribution in [0.3, 0.4) is 0 Å². The molecule has 0 fully saturated rings. The van der Waals surface area contributed by atoms with Crippen LogP contribution in [0.5, 0.6) is 5.75 Å². The van der Waals surface area contributed by atoms with Crippen molar-refractivity contribution in [2.24, 2.45) is 0 Å². The fourth-order valence-electron chi connectivity index (χ4n) is 2.40. The average Bonchev–Trinajstić information content (AvgIpc) is 3.24. The smallest absolute Gasteiger partial charge is 0.271 e. The molecular weight excluding hydrogens is 436 g/mol. The van der Waals surface area contributed by atoms with Crippen molar-refractivity contribution < 1.29 is 10.0 Å². The van der Waals surface area contributed by atoms with Crippen molar-refractivity contribution in [3.63, 3.8) is 0 Å². The summed E-state index contributed by atoms with van der Waals surface area (Å²) in [5, 5.41) is 30.0. The Hall–Kier alpha value is -2.53. The number of aromatic hydroxyl groups is 1. The van der Waals surface area contributed by atoms with E-state index < -0.39 is 4.92 Å². The van der Waals surface area contributed by atoms with E-state index in [0.717, 1.165) is 10.7 Å². The molecule has 0 atom stereocenters. The maximum atomic E-state index is 11.0. The van der Waals surface area contributed by atoms with E-state index in [2.05, 4.69) is 57.1 Å². The lowest BCUT2D eigenvalue weighted by molar-refractivity contribution is -0.385. The number of hydrogen-bond acceptors (Lipinski definition) is 8. The SMILES string of the molecule is CC(C)(C)c1nc(NCc2cc([N+](=O)[O-])cc(Br)c2O)sc1-n1cncn1. The first kappa shape index (κ1) is 19.2. The zero-order valence-electron chi connectivity index (χ0n) is 14.8. The number of halogens is 1. The Morgan fingerprint density at radius 1 is 1.41 bits per heavy atom. The van der Waals surface area contributed by atoms with Crippen LogP contribution in [0.2, 0.25) is 0 Å². The highest BCUT2D eigenvalue weighted by Gasteiger charge is 2.25. The molecule has 3 aromatic rings. The molecule has 0 aliphatic heterocycles. The predicted octanol–water partition coefficient (Wildman–Crippen LogP) is 4.01. The summed E-state index contributed by atoms with van der Waals surface area (Å²) in [5.74, 6) is -0.0443. The minimum Gasteiger partial charge on any atom is -0.506 e. The number of nitrogens with one attached hydrogen (secondary N) is 1. The van der Waals surface area contributed by atoms with E-state index in [-0.39, 0.29) is 27.9 Å². The number of nitro benzene ring substituents is 1. The van der Waals surface area contributed by atoms with Crippen molar-refractivity contribution >= 4 is 38.1 Å². The fraction of sp³-hybridized carbons (Fsp3) is 0.312. The molecule has 2 heterocycles. The molecule has 0 radical (unpaired) electrons. The molecule has 11 heteroatoms. The van der Waals surface area contributed by atoms with Crippen LogP contribution in [0.25, 0.3) is 5.00 Å². The summed E-state index contributed by atoms with van der Waals surface area (Å²) in [4.78, 5) is 19.2. The first-order valence-corrected chi connectivity index (χ1v) is 9.53. The number of thiazole rings is 1. The summed E-state index contributed by atoms with van der Waals surface area (Å²) in [7, 11) is 0. The van der Waals surface area contributed by atoms with Crippen LogP contribution in [-0.2, 0) is 12.0 Å². The van der Waals surface area contributed by atoms with Crippen molar-refractivity contribution in [1.29, 1.82) is 0 Å². The van der Waals surface area contributed by atoms with Crippen molar-refractivity contribution in [3.8, 4) is 10.8 Å². The third-order valence-corrected chi connectivity index (χ3v) is 5.32. The van der Waals surface area contributed by atoms with Gasteiger partial charge in [-0.05, 0) is 15.9 Å². The van der Waals surface area contributed by atoms with E-state index in [9.17, 15) is 15.2 Å². The second kappa shape index (κ2) is 7.24. The molecule has 0 bridgehead atoms. The highest BCUT2D eigenvalue weighted by Crippen LogP contribution is 2.36. The van der Waals surface area contributed by atoms with Crippen molar-refractivity contribution in [3.05, 3.63) is 50.6 Å². The van der Waals surface area contributed by atoms with Crippen molar-refractivity contribution in [2.45, 2.75) is 32.7 Å². The molecule has 0 saturated heterocycles. The minimum atomic E-state index is -0.502. The first-order valence-electron chi connectivity index (χ1n) is 7.93. The molecule has 3 rings (SSSR count). The highest BCUT2D eigenvalue weighted by molar-refractivity contribution is 9.10. The molecule has 0 aliphatic carbocycles. The molecule has 0 saturated carbocycles. The second-order valence-electron chi connectivity index (χ2n) is 6.81. The third-order valence-electron chi connectivity index (χ3n) is 3.71. The molecule has 27 heavy (non-hydrogen) atoms. The van der Waals surface area contributed by atoms with Crippen LogP contribution < -0.4 is 5.32 Å². The minimum absolute atomic E-state index is 0.0443. The predicted molar refractivity (Wildman–Crippen MR) is 106 cm³/mol. The molecule has 0 amide bonds. The molecule has 142 valence electrons. The van der Waals surface area contributed by atoms with Gasteiger partial charge in [0.25, 0.3) is 5.69 Å². The lowest BCUT2D eigenvalue weighted by atomic mass is 9.92. The monoisotopic (exact) mass is 452 g/mol. The summed E-state index contributed by atoms with van der Waals surface area (Å²) >= 11 is 4.54. The van der Waals surface area contributed by atoms with E-state index in [4.69, 9.17) is 0 Å². The van der Waals surface area contributed by atoms with Gasteiger partial charge in [0.05, 0.1) is 15.1 Å². The molecule has 0 aliphatic rings. The topological polar surface area (TPSA) is 119 Å². The van der Waals surface area contributed by atoms with E-state index in [1.165, 1.54) is 29.8 Å². The number of hydrogen-bond donors (Lipinski definition) is 2. The number of phenolic OH excluding ortho intramolecular Hbond substituents is 1. The Labute approximate surface area is 167 Å². The van der Waals surface area contributed by atoms with Gasteiger partial charge in [0.1, 0.15) is 23.4 Å². The lowest BCUT2D eigenvalue weighted by Gasteiger charge is -2.16. The zero-order valence-corrected chi connectivity index (χ0v) is 17.2. The Morgan fingerprint density at radius 3 is 2.74 bits per heavy atom. The van der Waals surface area contributed by atoms with Crippen LogP contribution in [0, 0.1) is 10.1 Å². The number of anilines is 1. The number of phenols is 1. The van der Waals surface area contributed by atoms with Gasteiger partial charge in [0, 0.05) is 29.7 Å². The standard InChI is InChI=1S/C16H17BrN6O3S/c1-16(2,3)13-14(22-8-18-7-20-22)27-15(21-13)19-6-9-4-10(23(25)26)5-11(17)12(9)24/h4-5,7-8,24H,6H2,1-3H3,(H,19,21). The molecule has 0 unspecified atom stereocenters. The molecular formula is C16H17BrN6O3S. The average molecular weight is 453 g/mol. The summed E-state index contributed by atoms with van der Waals surface area (Å²) in [6, 6.07) is 2.60. The Kier molecular flexibility index (Phi) is 5.16. The van der Waals surface area contributed by atoms with Crippen molar-refractivity contribution in [2.75, 3.05) is 5.32 Å². The van der Waals surface area contributed by atoms with Gasteiger partial charge in [-0.25, -0.2) is 14.6 Å². The van der Waals surface area contributed by atoms with Crippen LogP contribution in [0.15, 0.2) is 29.3 Å². The fourth-order valence-corrected chi connectivity index (χ4v) is 3.99. The molecule has 2 aromatic heterocycles. The lowest BCUT2D eigenvalue weighted by Crippen LogP contribution is -2.15. The number of non-ortho nitro benzene ring substituents is 1. The maximum Gasteiger partial charge on any atom is 0.271 e. The van der Waals surface area contributed by atoms with Gasteiger partial charge in [-0.1, -0.05) is 32.1 Å². The highest BCUT2D eigenvalue weighted by atomic mass is 79.9. The number of nitrogens with zero attached hydrogens (tertiary/aromatic N) is 5. The normalized spacial score (nSPS) is 11.6. The molecule has 2 N–H and O–H groups in total. The first-order chi connectivity index (χ1) is 12.7. The molecule has 9 nitrogen and oxygen atoms in total.